The Morgan fingerprint density at radius 2 is 2.38 bits per heavy atom. The number of hydrogen-bond acceptors (Lipinski definition) is 3. The second kappa shape index (κ2) is 4.37. The number of likely N-dealkylation sites (tertiary alicyclic amines) is 1. The molecule has 74 valence electrons. The lowest BCUT2D eigenvalue weighted by atomic mass is 9.98. The summed E-state index contributed by atoms with van der Waals surface area (Å²) < 4.78 is 0. The van der Waals surface area contributed by atoms with Gasteiger partial charge in [0.25, 0.3) is 0 Å². The van der Waals surface area contributed by atoms with Crippen molar-refractivity contribution in [3.05, 3.63) is 0 Å². The van der Waals surface area contributed by atoms with E-state index in [-0.39, 0.29) is 5.92 Å². The van der Waals surface area contributed by atoms with Crippen molar-refractivity contribution in [2.75, 3.05) is 13.1 Å². The first-order chi connectivity index (χ1) is 6.15. The standard InChI is InChI=1S/C9H15NO3/c1-7(9(12)13)10-4-2-3-8(5-10)6-11/h6-8H,2-5H2,1H3,(H,12,13). The summed E-state index contributed by atoms with van der Waals surface area (Å²) in [6.45, 7) is 3.05. The van der Waals surface area contributed by atoms with E-state index in [1.807, 2.05) is 4.90 Å². The van der Waals surface area contributed by atoms with Gasteiger partial charge in [0.15, 0.2) is 0 Å². The van der Waals surface area contributed by atoms with Crippen LogP contribution in [0.5, 0.6) is 0 Å². The van der Waals surface area contributed by atoms with Crippen LogP contribution in [0.2, 0.25) is 0 Å². The number of carbonyl (C=O) groups excluding carboxylic acids is 1. The van der Waals surface area contributed by atoms with E-state index < -0.39 is 12.0 Å². The highest BCUT2D eigenvalue weighted by Crippen LogP contribution is 2.16. The van der Waals surface area contributed by atoms with E-state index in [0.717, 1.165) is 25.7 Å². The zero-order valence-corrected chi connectivity index (χ0v) is 7.77. The largest absolute Gasteiger partial charge is 0.480 e. The average Bonchev–Trinajstić information content (AvgIpc) is 2.16. The van der Waals surface area contributed by atoms with E-state index in [0.29, 0.717) is 6.54 Å². The Labute approximate surface area is 77.5 Å². The Balaban J connectivity index is 2.50. The summed E-state index contributed by atoms with van der Waals surface area (Å²) in [5.41, 5.74) is 0. The summed E-state index contributed by atoms with van der Waals surface area (Å²) in [6, 6.07) is -0.470. The molecule has 1 rings (SSSR count). The number of aldehydes is 1. The SMILES string of the molecule is CC(C(=O)O)N1CCCC(C=O)C1. The molecule has 0 aliphatic carbocycles. The van der Waals surface area contributed by atoms with Crippen LogP contribution in [0.15, 0.2) is 0 Å². The molecule has 4 heteroatoms. The third-order valence-corrected chi connectivity index (χ3v) is 2.59. The van der Waals surface area contributed by atoms with E-state index >= 15 is 0 Å². The van der Waals surface area contributed by atoms with Gasteiger partial charge in [0.2, 0.25) is 0 Å². The summed E-state index contributed by atoms with van der Waals surface area (Å²) in [6.07, 6.45) is 2.74. The molecule has 1 saturated heterocycles. The topological polar surface area (TPSA) is 57.6 Å². The van der Waals surface area contributed by atoms with E-state index in [1.165, 1.54) is 0 Å². The van der Waals surface area contributed by atoms with Gasteiger partial charge in [0.1, 0.15) is 12.3 Å². The lowest BCUT2D eigenvalue weighted by molar-refractivity contribution is -0.143. The molecule has 0 aromatic heterocycles. The third kappa shape index (κ3) is 2.52. The van der Waals surface area contributed by atoms with Gasteiger partial charge in [-0.15, -0.1) is 0 Å². The van der Waals surface area contributed by atoms with Crippen molar-refractivity contribution in [2.45, 2.75) is 25.8 Å². The first-order valence-electron chi connectivity index (χ1n) is 4.57. The zero-order valence-electron chi connectivity index (χ0n) is 7.77. The Morgan fingerprint density at radius 1 is 1.69 bits per heavy atom. The maximum Gasteiger partial charge on any atom is 0.320 e. The average molecular weight is 185 g/mol. The molecule has 1 fully saturated rings. The van der Waals surface area contributed by atoms with E-state index in [9.17, 15) is 9.59 Å². The van der Waals surface area contributed by atoms with Gasteiger partial charge in [-0.2, -0.15) is 0 Å². The van der Waals surface area contributed by atoms with Crippen molar-refractivity contribution in [3.63, 3.8) is 0 Å². The minimum atomic E-state index is -0.813. The molecule has 0 spiro atoms. The molecule has 0 amide bonds. The number of carbonyl (C=O) groups is 2. The van der Waals surface area contributed by atoms with Crippen molar-refractivity contribution in [2.24, 2.45) is 5.92 Å². The molecule has 13 heavy (non-hydrogen) atoms. The first-order valence-corrected chi connectivity index (χ1v) is 4.57. The van der Waals surface area contributed by atoms with Crippen LogP contribution in [0.4, 0.5) is 0 Å². The smallest absolute Gasteiger partial charge is 0.320 e. The van der Waals surface area contributed by atoms with Gasteiger partial charge in [-0.3, -0.25) is 9.69 Å². The van der Waals surface area contributed by atoms with Gasteiger partial charge >= 0.3 is 5.97 Å². The highest BCUT2D eigenvalue weighted by atomic mass is 16.4. The maximum absolute atomic E-state index is 10.7. The second-order valence-corrected chi connectivity index (χ2v) is 3.55. The Kier molecular flexibility index (Phi) is 3.42. The van der Waals surface area contributed by atoms with E-state index in [2.05, 4.69) is 0 Å². The van der Waals surface area contributed by atoms with Crippen LogP contribution in [0.1, 0.15) is 19.8 Å². The highest BCUT2D eigenvalue weighted by molar-refractivity contribution is 5.73. The molecule has 2 unspecified atom stereocenters. The number of carboxylic acids is 1. The first kappa shape index (κ1) is 10.2. The number of piperidine rings is 1. The van der Waals surface area contributed by atoms with Crippen molar-refractivity contribution in [3.8, 4) is 0 Å². The fourth-order valence-electron chi connectivity index (χ4n) is 1.66. The number of rotatable bonds is 3. The molecule has 0 radical (unpaired) electrons. The van der Waals surface area contributed by atoms with Crippen molar-refractivity contribution >= 4 is 12.3 Å². The summed E-state index contributed by atoms with van der Waals surface area (Å²) >= 11 is 0. The monoisotopic (exact) mass is 185 g/mol. The summed E-state index contributed by atoms with van der Waals surface area (Å²) in [5, 5.41) is 8.76. The summed E-state index contributed by atoms with van der Waals surface area (Å²) in [5.74, 6) is -0.790. The third-order valence-electron chi connectivity index (χ3n) is 2.59. The highest BCUT2D eigenvalue weighted by Gasteiger charge is 2.26. The summed E-state index contributed by atoms with van der Waals surface area (Å²) in [7, 11) is 0. The van der Waals surface area contributed by atoms with Gasteiger partial charge < -0.3 is 9.90 Å². The number of carboxylic acid groups (broad SMARTS) is 1. The minimum absolute atomic E-state index is 0.0237. The van der Waals surface area contributed by atoms with Crippen LogP contribution in [-0.4, -0.2) is 41.4 Å². The van der Waals surface area contributed by atoms with Crippen molar-refractivity contribution in [1.29, 1.82) is 0 Å². The zero-order chi connectivity index (χ0) is 9.84. The Morgan fingerprint density at radius 3 is 2.92 bits per heavy atom. The van der Waals surface area contributed by atoms with Crippen LogP contribution in [0.25, 0.3) is 0 Å². The number of hydrogen-bond donors (Lipinski definition) is 1. The van der Waals surface area contributed by atoms with Crippen molar-refractivity contribution < 1.29 is 14.7 Å². The fourth-order valence-corrected chi connectivity index (χ4v) is 1.66. The molecule has 1 aliphatic heterocycles. The molecular weight excluding hydrogens is 170 g/mol. The minimum Gasteiger partial charge on any atom is -0.480 e. The molecule has 0 aromatic carbocycles. The van der Waals surface area contributed by atoms with Crippen LogP contribution >= 0.6 is 0 Å². The van der Waals surface area contributed by atoms with Crippen LogP contribution in [0, 0.1) is 5.92 Å². The van der Waals surface area contributed by atoms with Gasteiger partial charge in [-0.1, -0.05) is 0 Å². The molecule has 2 atom stereocenters. The molecule has 1 N–H and O–H groups in total. The maximum atomic E-state index is 10.7. The Hall–Kier alpha value is -0.900. The predicted octanol–water partition coefficient (Wildman–Crippen LogP) is 0.370. The van der Waals surface area contributed by atoms with Gasteiger partial charge in [-0.25, -0.2) is 0 Å². The molecule has 0 saturated carbocycles. The van der Waals surface area contributed by atoms with Gasteiger partial charge in [0, 0.05) is 12.5 Å². The number of aliphatic carboxylic acids is 1. The molecule has 1 heterocycles. The fraction of sp³-hybridized carbons (Fsp3) is 0.778. The molecule has 1 aliphatic rings. The quantitative estimate of drug-likeness (QED) is 0.645. The van der Waals surface area contributed by atoms with Crippen molar-refractivity contribution in [1.82, 2.24) is 4.90 Å². The second-order valence-electron chi connectivity index (χ2n) is 3.55. The van der Waals surface area contributed by atoms with Gasteiger partial charge in [0.05, 0.1) is 0 Å². The Bertz CT molecular complexity index is 205. The molecule has 0 bridgehead atoms. The predicted molar refractivity (Wildman–Crippen MR) is 47.5 cm³/mol. The van der Waals surface area contributed by atoms with Crippen LogP contribution in [0.3, 0.4) is 0 Å². The lowest BCUT2D eigenvalue weighted by Crippen LogP contribution is -2.45. The summed E-state index contributed by atoms with van der Waals surface area (Å²) in [4.78, 5) is 23.0. The molecule has 4 nitrogen and oxygen atoms in total. The molecule has 0 aromatic rings. The van der Waals surface area contributed by atoms with E-state index in [4.69, 9.17) is 5.11 Å². The normalized spacial score (nSPS) is 26.7. The van der Waals surface area contributed by atoms with Crippen LogP contribution in [-0.2, 0) is 9.59 Å². The van der Waals surface area contributed by atoms with Gasteiger partial charge in [-0.05, 0) is 26.3 Å². The molecular formula is C9H15NO3. The number of nitrogens with zero attached hydrogens (tertiary/aromatic N) is 1. The lowest BCUT2D eigenvalue weighted by Gasteiger charge is -2.32. The van der Waals surface area contributed by atoms with Crippen LogP contribution < -0.4 is 0 Å². The van der Waals surface area contributed by atoms with E-state index in [1.54, 1.807) is 6.92 Å².